The maximum absolute atomic E-state index is 12.6. The van der Waals surface area contributed by atoms with E-state index in [1.54, 1.807) is 6.92 Å². The van der Waals surface area contributed by atoms with Crippen molar-refractivity contribution in [3.63, 3.8) is 0 Å². The Morgan fingerprint density at radius 3 is 1.03 bits per heavy atom. The Balaban J connectivity index is 0.000000411. The molecule has 4 aromatic carbocycles. The smallest absolute Gasteiger partial charge is 0.305 e. The van der Waals surface area contributed by atoms with Crippen LogP contribution in [0.2, 0.25) is 0 Å². The molecule has 0 spiro atoms. The molecule has 3 N–H and O–H groups in total. The normalized spacial score (nSPS) is 13.4. The minimum Gasteiger partial charge on any atom is -0.481 e. The van der Waals surface area contributed by atoms with Crippen LogP contribution in [-0.2, 0) is 70.5 Å². The first-order chi connectivity index (χ1) is 36.3. The van der Waals surface area contributed by atoms with Crippen LogP contribution in [0.5, 0.6) is 0 Å². The molecule has 2 atom stereocenters. The molecule has 0 saturated carbocycles. The number of hydrogen-bond acceptors (Lipinski definition) is 9. The fraction of sp³-hybridized carbons (Fsp3) is 0.606. The highest BCUT2D eigenvalue weighted by Crippen LogP contribution is 2.42. The van der Waals surface area contributed by atoms with Gasteiger partial charge in [0.1, 0.15) is 0 Å². The standard InChI is InChI=1S/C34H52O5S.C32H48O5S/c1-9-34(10-2,29-17-14-27(25(4)23-29)16-19-31(35)33(6,7)8)30-18-15-28(26(5)24-30)20-22-40(37,38)21-12-13-32(36)39-11-3;1-8-32(9-2,27-15-12-25(23(3)21-27)14-17-29(33)31(5,6)7)28-16-13-26(24(4)22-28)18-20-38(36,37)19-10-11-30(34)35/h14-15,17-18,23-24,31,35H,9-13,16,19-22H2,1-8H3;12-13,15-16,21-22,29,33H,8-11,14,17-20H2,1-7H3,(H,34,35). The Bertz CT molecular complexity index is 2790. The Morgan fingerprint density at radius 1 is 0.474 bits per heavy atom. The molecule has 78 heavy (non-hydrogen) atoms. The Hall–Kier alpha value is -4.36. The molecule has 0 aromatic heterocycles. The van der Waals surface area contributed by atoms with Crippen molar-refractivity contribution in [3.8, 4) is 0 Å². The summed E-state index contributed by atoms with van der Waals surface area (Å²) in [7, 11) is -6.54. The first kappa shape index (κ1) is 67.9. The lowest BCUT2D eigenvalue weighted by Crippen LogP contribution is -2.27. The minimum atomic E-state index is -3.29. The molecule has 0 bridgehead atoms. The largest absolute Gasteiger partial charge is 0.481 e. The molecule has 2 unspecified atom stereocenters. The number of aliphatic hydroxyl groups is 2. The molecule has 4 rings (SSSR count). The number of carboxylic acid groups (broad SMARTS) is 1. The number of carbonyl (C=O) groups is 2. The summed E-state index contributed by atoms with van der Waals surface area (Å²) in [5.74, 6) is -1.29. The molecule has 4 aromatic rings. The van der Waals surface area contributed by atoms with Gasteiger partial charge in [0.15, 0.2) is 19.7 Å². The van der Waals surface area contributed by atoms with E-state index in [-0.39, 0.29) is 82.1 Å². The number of aliphatic hydroxyl groups excluding tert-OH is 2. The lowest BCUT2D eigenvalue weighted by Gasteiger charge is -2.34. The highest BCUT2D eigenvalue weighted by molar-refractivity contribution is 7.91. The molecule has 436 valence electrons. The molecular weight excluding hydrogens is 1020 g/mol. The molecule has 0 heterocycles. The van der Waals surface area contributed by atoms with E-state index in [0.29, 0.717) is 25.9 Å². The zero-order valence-corrected chi connectivity index (χ0v) is 52.2. The van der Waals surface area contributed by atoms with Crippen molar-refractivity contribution in [2.24, 2.45) is 10.8 Å². The van der Waals surface area contributed by atoms with Gasteiger partial charge in [-0.15, -0.1) is 0 Å². The number of aryl methyl sites for hydroxylation is 8. The highest BCUT2D eigenvalue weighted by atomic mass is 32.2. The van der Waals surface area contributed by atoms with Crippen LogP contribution in [0.25, 0.3) is 0 Å². The van der Waals surface area contributed by atoms with Crippen molar-refractivity contribution in [1.82, 2.24) is 0 Å². The van der Waals surface area contributed by atoms with Gasteiger partial charge >= 0.3 is 11.9 Å². The molecule has 0 aliphatic heterocycles. The number of carboxylic acids is 1. The minimum absolute atomic E-state index is 0.00222. The molecule has 10 nitrogen and oxygen atoms in total. The third-order valence-corrected chi connectivity index (χ3v) is 20.2. The van der Waals surface area contributed by atoms with Crippen molar-refractivity contribution in [3.05, 3.63) is 140 Å². The van der Waals surface area contributed by atoms with Gasteiger partial charge in [-0.25, -0.2) is 16.8 Å². The summed E-state index contributed by atoms with van der Waals surface area (Å²) in [5, 5.41) is 29.7. The molecule has 0 radical (unpaired) electrons. The number of ether oxygens (including phenoxy) is 1. The van der Waals surface area contributed by atoms with Gasteiger partial charge in [-0.3, -0.25) is 9.59 Å². The second-order valence-corrected chi connectivity index (χ2v) is 28.8. The number of aliphatic carboxylic acids is 1. The van der Waals surface area contributed by atoms with Gasteiger partial charge in [-0.2, -0.15) is 0 Å². The monoisotopic (exact) mass is 1120 g/mol. The molecular formula is C66H100O10S2. The van der Waals surface area contributed by atoms with E-state index in [4.69, 9.17) is 9.84 Å². The summed E-state index contributed by atoms with van der Waals surface area (Å²) < 4.78 is 54.8. The van der Waals surface area contributed by atoms with Gasteiger partial charge in [0, 0.05) is 23.7 Å². The molecule has 12 heteroatoms. The third-order valence-electron chi connectivity index (χ3n) is 16.7. The second kappa shape index (κ2) is 29.9. The Labute approximate surface area is 472 Å². The average molecular weight is 1120 g/mol. The topological polar surface area (TPSA) is 172 Å². The van der Waals surface area contributed by atoms with E-state index >= 15 is 0 Å². The first-order valence-corrected chi connectivity index (χ1v) is 32.5. The van der Waals surface area contributed by atoms with E-state index in [1.165, 1.54) is 44.5 Å². The fourth-order valence-corrected chi connectivity index (χ4v) is 13.5. The maximum atomic E-state index is 12.6. The SMILES string of the molecule is CCC(CC)(c1ccc(CCC(O)C(C)(C)C)c(C)c1)c1ccc(CCS(=O)(=O)CCCC(=O)O)c(C)c1.CCOC(=O)CCCS(=O)(=O)CCc1ccc(C(CC)(CC)c2ccc(CCC(O)C(C)(C)C)c(C)c2)cc1C. The fourth-order valence-electron chi connectivity index (χ4n) is 10.9. The average Bonchev–Trinajstić information content (AvgIpc) is 3.36. The summed E-state index contributed by atoms with van der Waals surface area (Å²) in [4.78, 5) is 22.2. The zero-order valence-electron chi connectivity index (χ0n) is 50.5. The van der Waals surface area contributed by atoms with Gasteiger partial charge in [-0.05, 0) is 189 Å². The van der Waals surface area contributed by atoms with Crippen molar-refractivity contribution in [2.45, 2.75) is 217 Å². The van der Waals surface area contributed by atoms with Crippen LogP contribution in [0, 0.1) is 38.5 Å². The molecule has 0 aliphatic rings. The van der Waals surface area contributed by atoms with Gasteiger partial charge < -0.3 is 20.1 Å². The molecule has 0 amide bonds. The number of benzene rings is 4. The van der Waals surface area contributed by atoms with E-state index in [2.05, 4.69) is 163 Å². The van der Waals surface area contributed by atoms with Crippen molar-refractivity contribution in [1.29, 1.82) is 0 Å². The van der Waals surface area contributed by atoms with Gasteiger partial charge in [0.05, 0.1) is 41.8 Å². The Kier molecular flexibility index (Phi) is 26.0. The lowest BCUT2D eigenvalue weighted by atomic mass is 9.69. The summed E-state index contributed by atoms with van der Waals surface area (Å²) in [5.41, 5.74) is 13.9. The number of carbonyl (C=O) groups excluding carboxylic acids is 1. The van der Waals surface area contributed by atoms with Crippen molar-refractivity contribution < 1.29 is 46.5 Å². The zero-order chi connectivity index (χ0) is 58.9. The summed E-state index contributed by atoms with van der Waals surface area (Å²) >= 11 is 0. The van der Waals surface area contributed by atoms with Crippen molar-refractivity contribution in [2.75, 3.05) is 29.6 Å². The van der Waals surface area contributed by atoms with Crippen LogP contribution in [0.1, 0.15) is 207 Å². The summed E-state index contributed by atoms with van der Waals surface area (Å²) in [6.07, 6.45) is 7.69. The van der Waals surface area contributed by atoms with Crippen LogP contribution >= 0.6 is 0 Å². The van der Waals surface area contributed by atoms with E-state index in [0.717, 1.165) is 73.6 Å². The summed E-state index contributed by atoms with van der Waals surface area (Å²) in [6.45, 7) is 31.8. The van der Waals surface area contributed by atoms with E-state index < -0.39 is 25.6 Å². The quantitative estimate of drug-likeness (QED) is 0.0444. The maximum Gasteiger partial charge on any atom is 0.305 e. The third kappa shape index (κ3) is 19.7. The number of rotatable bonds is 29. The highest BCUT2D eigenvalue weighted by Gasteiger charge is 2.33. The van der Waals surface area contributed by atoms with E-state index in [1.807, 2.05) is 6.92 Å². The van der Waals surface area contributed by atoms with Crippen LogP contribution in [-0.4, -0.2) is 85.9 Å². The van der Waals surface area contributed by atoms with Gasteiger partial charge in [-0.1, -0.05) is 142 Å². The van der Waals surface area contributed by atoms with Crippen LogP contribution < -0.4 is 0 Å². The predicted molar refractivity (Wildman–Crippen MR) is 322 cm³/mol. The van der Waals surface area contributed by atoms with Crippen LogP contribution in [0.3, 0.4) is 0 Å². The van der Waals surface area contributed by atoms with E-state index in [9.17, 15) is 36.6 Å². The summed E-state index contributed by atoms with van der Waals surface area (Å²) in [6, 6.07) is 26.5. The van der Waals surface area contributed by atoms with Gasteiger partial charge in [0.2, 0.25) is 0 Å². The first-order valence-electron chi connectivity index (χ1n) is 28.9. The molecule has 0 aliphatic carbocycles. The lowest BCUT2D eigenvalue weighted by molar-refractivity contribution is -0.143. The number of sulfone groups is 2. The van der Waals surface area contributed by atoms with Crippen LogP contribution in [0.4, 0.5) is 0 Å². The molecule has 0 fully saturated rings. The number of hydrogen-bond donors (Lipinski definition) is 3. The van der Waals surface area contributed by atoms with Gasteiger partial charge in [0.25, 0.3) is 0 Å². The Morgan fingerprint density at radius 2 is 0.769 bits per heavy atom. The second-order valence-electron chi connectivity index (χ2n) is 24.2. The molecule has 0 saturated heterocycles. The van der Waals surface area contributed by atoms with Crippen LogP contribution in [0.15, 0.2) is 72.8 Å². The van der Waals surface area contributed by atoms with Crippen molar-refractivity contribution >= 4 is 31.6 Å². The number of esters is 1. The predicted octanol–water partition coefficient (Wildman–Crippen LogP) is 13.6.